The van der Waals surface area contributed by atoms with Crippen LogP contribution < -0.4 is 10.9 Å². The minimum Gasteiger partial charge on any atom is -0.465 e. The second-order valence-corrected chi connectivity index (χ2v) is 7.19. The van der Waals surface area contributed by atoms with Crippen molar-refractivity contribution in [3.05, 3.63) is 55.7 Å². The summed E-state index contributed by atoms with van der Waals surface area (Å²) in [7, 11) is 1.28. The minimum absolute atomic E-state index is 0.0670. The van der Waals surface area contributed by atoms with Crippen molar-refractivity contribution in [2.24, 2.45) is 0 Å². The van der Waals surface area contributed by atoms with E-state index < -0.39 is 5.97 Å². The van der Waals surface area contributed by atoms with Gasteiger partial charge in [-0.3, -0.25) is 14.2 Å². The monoisotopic (exact) mass is 435 g/mol. The van der Waals surface area contributed by atoms with E-state index >= 15 is 0 Å². The third-order valence-electron chi connectivity index (χ3n) is 3.68. The van der Waals surface area contributed by atoms with Crippen molar-refractivity contribution in [2.45, 2.75) is 13.0 Å². The van der Waals surface area contributed by atoms with E-state index in [1.807, 2.05) is 6.07 Å². The minimum atomic E-state index is -0.504. The van der Waals surface area contributed by atoms with Gasteiger partial charge in [0.25, 0.3) is 5.56 Å². The molecule has 0 unspecified atom stereocenters. The van der Waals surface area contributed by atoms with Gasteiger partial charge in [-0.05, 0) is 29.6 Å². The normalized spacial score (nSPS) is 10.7. The first-order valence-corrected chi connectivity index (χ1v) is 9.27. The van der Waals surface area contributed by atoms with Crippen LogP contribution in [0.3, 0.4) is 0 Å². The van der Waals surface area contributed by atoms with Gasteiger partial charge in [0, 0.05) is 17.4 Å². The van der Waals surface area contributed by atoms with Gasteiger partial charge in [-0.2, -0.15) is 0 Å². The number of amides is 1. The lowest BCUT2D eigenvalue weighted by molar-refractivity contribution is -0.116. The molecular weight excluding hydrogens is 422 g/mol. The Hall–Kier alpha value is -2.52. The number of aromatic nitrogens is 2. The Kier molecular flexibility index (Phi) is 5.48. The van der Waals surface area contributed by atoms with Gasteiger partial charge in [-0.1, -0.05) is 15.9 Å². The number of benzene rings is 1. The van der Waals surface area contributed by atoms with Crippen LogP contribution >= 0.6 is 27.3 Å². The molecule has 0 radical (unpaired) electrons. The first-order valence-electron chi connectivity index (χ1n) is 7.60. The van der Waals surface area contributed by atoms with Gasteiger partial charge in [0.05, 0.1) is 30.0 Å². The van der Waals surface area contributed by atoms with Crippen LogP contribution in [0.2, 0.25) is 0 Å². The van der Waals surface area contributed by atoms with E-state index in [2.05, 4.69) is 31.0 Å². The molecule has 0 saturated carbocycles. The summed E-state index contributed by atoms with van der Waals surface area (Å²) in [6, 6.07) is 6.90. The summed E-state index contributed by atoms with van der Waals surface area (Å²) in [5.74, 6) is -0.814. The zero-order chi connectivity index (χ0) is 18.7. The Labute approximate surface area is 160 Å². The highest BCUT2D eigenvalue weighted by molar-refractivity contribution is 9.10. The van der Waals surface area contributed by atoms with Crippen LogP contribution in [-0.2, 0) is 16.1 Å². The van der Waals surface area contributed by atoms with Gasteiger partial charge in [-0.15, -0.1) is 11.3 Å². The molecule has 0 aliphatic carbocycles. The summed E-state index contributed by atoms with van der Waals surface area (Å²) in [5.41, 5.74) is 0.787. The highest BCUT2D eigenvalue weighted by Crippen LogP contribution is 2.23. The van der Waals surface area contributed by atoms with Crippen LogP contribution in [0.25, 0.3) is 10.9 Å². The number of nitrogens with zero attached hydrogens (tertiary/aromatic N) is 2. The number of hydrogen-bond donors (Lipinski definition) is 1. The number of anilines is 1. The van der Waals surface area contributed by atoms with Gasteiger partial charge < -0.3 is 10.1 Å². The summed E-state index contributed by atoms with van der Waals surface area (Å²) < 4.78 is 6.85. The maximum absolute atomic E-state index is 12.5. The average Bonchev–Trinajstić information content (AvgIpc) is 3.09. The van der Waals surface area contributed by atoms with E-state index in [9.17, 15) is 14.4 Å². The molecule has 1 N–H and O–H groups in total. The largest absolute Gasteiger partial charge is 0.465 e. The smallest absolute Gasteiger partial charge is 0.350 e. The quantitative estimate of drug-likeness (QED) is 0.621. The Bertz CT molecular complexity index is 1040. The van der Waals surface area contributed by atoms with Gasteiger partial charge in [-0.25, -0.2) is 9.78 Å². The van der Waals surface area contributed by atoms with Crippen molar-refractivity contribution in [3.8, 4) is 0 Å². The Morgan fingerprint density at radius 2 is 2.15 bits per heavy atom. The number of methoxy groups -OCH3 is 1. The summed E-state index contributed by atoms with van der Waals surface area (Å²) in [6.07, 6.45) is 1.49. The molecule has 26 heavy (non-hydrogen) atoms. The van der Waals surface area contributed by atoms with E-state index in [0.29, 0.717) is 21.5 Å². The maximum atomic E-state index is 12.5. The summed E-state index contributed by atoms with van der Waals surface area (Å²) in [6.45, 7) is 0.178. The second-order valence-electron chi connectivity index (χ2n) is 5.36. The van der Waals surface area contributed by atoms with Crippen LogP contribution in [0.1, 0.15) is 16.1 Å². The molecule has 0 aliphatic heterocycles. The lowest BCUT2D eigenvalue weighted by Crippen LogP contribution is -2.24. The van der Waals surface area contributed by atoms with Gasteiger partial charge in [0.15, 0.2) is 0 Å². The molecule has 134 valence electrons. The second kappa shape index (κ2) is 7.79. The average molecular weight is 436 g/mol. The van der Waals surface area contributed by atoms with Crippen molar-refractivity contribution >= 4 is 55.7 Å². The molecular formula is C17H14BrN3O4S. The molecule has 3 rings (SSSR count). The van der Waals surface area contributed by atoms with Crippen molar-refractivity contribution in [1.82, 2.24) is 9.55 Å². The number of esters is 1. The molecule has 3 aromatic rings. The van der Waals surface area contributed by atoms with E-state index in [1.165, 1.54) is 29.3 Å². The van der Waals surface area contributed by atoms with Crippen molar-refractivity contribution in [3.63, 3.8) is 0 Å². The highest BCUT2D eigenvalue weighted by atomic mass is 79.9. The zero-order valence-electron chi connectivity index (χ0n) is 13.7. The lowest BCUT2D eigenvalue weighted by Gasteiger charge is -2.08. The molecule has 2 aromatic heterocycles. The number of carbonyl (C=O) groups excluding carboxylic acids is 2. The van der Waals surface area contributed by atoms with Gasteiger partial charge in [0.1, 0.15) is 4.88 Å². The molecule has 1 aromatic carbocycles. The first-order chi connectivity index (χ1) is 12.5. The topological polar surface area (TPSA) is 90.3 Å². The van der Waals surface area contributed by atoms with Crippen LogP contribution in [-0.4, -0.2) is 28.5 Å². The number of carbonyl (C=O) groups is 2. The number of rotatable bonds is 5. The summed E-state index contributed by atoms with van der Waals surface area (Å²) in [5, 5.41) is 4.84. The highest BCUT2D eigenvalue weighted by Gasteiger charge is 2.15. The van der Waals surface area contributed by atoms with Crippen LogP contribution in [0, 0.1) is 0 Å². The lowest BCUT2D eigenvalue weighted by atomic mass is 10.2. The van der Waals surface area contributed by atoms with Crippen molar-refractivity contribution in [1.29, 1.82) is 0 Å². The Balaban J connectivity index is 1.71. The molecule has 1 amide bonds. The van der Waals surface area contributed by atoms with Crippen molar-refractivity contribution in [2.75, 3.05) is 12.4 Å². The van der Waals surface area contributed by atoms with Gasteiger partial charge in [0.2, 0.25) is 5.91 Å². The molecule has 0 fully saturated rings. The Morgan fingerprint density at radius 3 is 2.92 bits per heavy atom. The van der Waals surface area contributed by atoms with Crippen LogP contribution in [0.15, 0.2) is 45.2 Å². The first kappa shape index (κ1) is 18.3. The number of aryl methyl sites for hydroxylation is 1. The van der Waals surface area contributed by atoms with E-state index in [4.69, 9.17) is 0 Å². The predicted molar refractivity (Wildman–Crippen MR) is 103 cm³/mol. The number of hydrogen-bond acceptors (Lipinski definition) is 6. The SMILES string of the molecule is COC(=O)c1sccc1NC(=O)CCn1cnc2ccc(Br)cc2c1=O. The number of halogens is 1. The molecule has 0 atom stereocenters. The molecule has 0 spiro atoms. The fourth-order valence-corrected chi connectivity index (χ4v) is 3.51. The van der Waals surface area contributed by atoms with E-state index in [0.717, 1.165) is 4.47 Å². The van der Waals surface area contributed by atoms with E-state index in [-0.39, 0.29) is 24.4 Å². The molecule has 9 heteroatoms. The molecule has 2 heterocycles. The van der Waals surface area contributed by atoms with Gasteiger partial charge >= 0.3 is 5.97 Å². The number of thiophene rings is 1. The molecule has 0 saturated heterocycles. The standard InChI is InChI=1S/C17H14BrN3O4S/c1-25-17(24)15-13(5-7-26-15)20-14(22)4-6-21-9-19-12-3-2-10(18)8-11(12)16(21)23/h2-3,5,7-9H,4,6H2,1H3,(H,20,22). The number of ether oxygens (including phenoxy) is 1. The number of nitrogens with one attached hydrogen (secondary N) is 1. The van der Waals surface area contributed by atoms with Crippen molar-refractivity contribution < 1.29 is 14.3 Å². The third kappa shape index (κ3) is 3.83. The zero-order valence-corrected chi connectivity index (χ0v) is 16.1. The fraction of sp³-hybridized carbons (Fsp3) is 0.176. The summed E-state index contributed by atoms with van der Waals surface area (Å²) in [4.78, 5) is 40.9. The van der Waals surface area contributed by atoms with E-state index in [1.54, 1.807) is 23.6 Å². The third-order valence-corrected chi connectivity index (χ3v) is 5.06. The van der Waals surface area contributed by atoms with Crippen LogP contribution in [0.5, 0.6) is 0 Å². The molecule has 7 nitrogen and oxygen atoms in total. The molecule has 0 aliphatic rings. The van der Waals surface area contributed by atoms with Crippen LogP contribution in [0.4, 0.5) is 5.69 Å². The Morgan fingerprint density at radius 1 is 1.35 bits per heavy atom. The summed E-state index contributed by atoms with van der Waals surface area (Å²) >= 11 is 4.52. The fourth-order valence-electron chi connectivity index (χ4n) is 2.38. The maximum Gasteiger partial charge on any atom is 0.350 e. The molecule has 0 bridgehead atoms. The number of fused-ring (bicyclic) bond motifs is 1. The predicted octanol–water partition coefficient (Wildman–Crippen LogP) is 3.04.